The maximum absolute atomic E-state index is 12.4. The van der Waals surface area contributed by atoms with Gasteiger partial charge in [-0.15, -0.1) is 0 Å². The summed E-state index contributed by atoms with van der Waals surface area (Å²) in [5, 5.41) is 4.86. The summed E-state index contributed by atoms with van der Waals surface area (Å²) in [4.78, 5) is 24.4. The summed E-state index contributed by atoms with van der Waals surface area (Å²) < 4.78 is 2.10. The fraction of sp³-hybridized carbons (Fsp3) is 0.286. The number of aromatic amines is 1. The highest BCUT2D eigenvalue weighted by Crippen LogP contribution is 2.35. The smallest absolute Gasteiger partial charge is 0.251 e. The highest BCUT2D eigenvalue weighted by Gasteiger charge is 2.24. The molecule has 0 radical (unpaired) electrons. The largest absolute Gasteiger partial charge is 0.383 e. The van der Waals surface area contributed by atoms with Gasteiger partial charge in [0.25, 0.3) is 5.91 Å². The van der Waals surface area contributed by atoms with Crippen LogP contribution in [0.4, 0.5) is 5.82 Å². The topological polar surface area (TPSA) is 102 Å². The third-order valence-corrected chi connectivity index (χ3v) is 5.28. The summed E-state index contributed by atoms with van der Waals surface area (Å²) in [6, 6.07) is 8.36. The highest BCUT2D eigenvalue weighted by atomic mass is 16.1. The van der Waals surface area contributed by atoms with Crippen LogP contribution in [0.25, 0.3) is 33.2 Å². The van der Waals surface area contributed by atoms with Crippen molar-refractivity contribution in [1.82, 2.24) is 24.8 Å². The van der Waals surface area contributed by atoms with Crippen LogP contribution in [-0.4, -0.2) is 31.5 Å². The molecule has 7 heteroatoms. The molecule has 3 aromatic heterocycles. The molecular weight excluding hydrogens is 352 g/mol. The Hall–Kier alpha value is -3.35. The zero-order valence-corrected chi connectivity index (χ0v) is 15.9. The summed E-state index contributed by atoms with van der Waals surface area (Å²) in [6.45, 7) is 4.22. The second-order valence-corrected chi connectivity index (χ2v) is 7.73. The van der Waals surface area contributed by atoms with E-state index in [0.29, 0.717) is 17.4 Å². The number of nitrogens with two attached hydrogens (primary N) is 1. The quantitative estimate of drug-likeness (QED) is 0.507. The zero-order chi connectivity index (χ0) is 19.4. The molecule has 0 unspecified atom stereocenters. The van der Waals surface area contributed by atoms with E-state index >= 15 is 0 Å². The molecule has 1 amide bonds. The van der Waals surface area contributed by atoms with E-state index < -0.39 is 0 Å². The number of H-pyrrole nitrogens is 1. The van der Waals surface area contributed by atoms with Gasteiger partial charge in [0, 0.05) is 46.0 Å². The lowest BCUT2D eigenvalue weighted by atomic mass is 10.1. The molecule has 1 aliphatic rings. The first kappa shape index (κ1) is 16.8. The third kappa shape index (κ3) is 2.70. The molecule has 0 spiro atoms. The molecule has 1 saturated carbocycles. The second kappa shape index (κ2) is 6.09. The maximum Gasteiger partial charge on any atom is 0.251 e. The van der Waals surface area contributed by atoms with Crippen LogP contribution in [-0.2, 0) is 0 Å². The summed E-state index contributed by atoms with van der Waals surface area (Å²) in [5.74, 6) is 0.448. The number of carbonyl (C=O) groups excluding carboxylic acids is 1. The van der Waals surface area contributed by atoms with Gasteiger partial charge in [0.1, 0.15) is 17.8 Å². The molecule has 4 N–H and O–H groups in total. The van der Waals surface area contributed by atoms with Gasteiger partial charge in [-0.3, -0.25) is 4.79 Å². The molecule has 5 rings (SSSR count). The molecule has 3 heterocycles. The van der Waals surface area contributed by atoms with E-state index in [1.165, 1.54) is 6.33 Å². The lowest BCUT2D eigenvalue weighted by Gasteiger charge is -2.07. The van der Waals surface area contributed by atoms with Crippen molar-refractivity contribution in [3.63, 3.8) is 0 Å². The third-order valence-electron chi connectivity index (χ3n) is 5.28. The summed E-state index contributed by atoms with van der Waals surface area (Å²) in [6.07, 6.45) is 5.71. The first-order chi connectivity index (χ1) is 13.5. The van der Waals surface area contributed by atoms with Crippen LogP contribution in [0.15, 0.2) is 36.8 Å². The number of fused-ring (bicyclic) bond motifs is 2. The van der Waals surface area contributed by atoms with Gasteiger partial charge in [-0.25, -0.2) is 9.97 Å². The number of rotatable bonds is 4. The molecule has 1 aliphatic carbocycles. The van der Waals surface area contributed by atoms with Gasteiger partial charge >= 0.3 is 0 Å². The number of carbonyl (C=O) groups is 1. The van der Waals surface area contributed by atoms with Crippen molar-refractivity contribution in [3.8, 4) is 11.3 Å². The molecule has 1 fully saturated rings. The van der Waals surface area contributed by atoms with Gasteiger partial charge in [0.2, 0.25) is 0 Å². The Morgan fingerprint density at radius 3 is 2.86 bits per heavy atom. The van der Waals surface area contributed by atoms with Crippen molar-refractivity contribution >= 4 is 33.7 Å². The Kier molecular flexibility index (Phi) is 3.65. The molecule has 0 bridgehead atoms. The van der Waals surface area contributed by atoms with Crippen LogP contribution < -0.4 is 11.1 Å². The molecule has 28 heavy (non-hydrogen) atoms. The van der Waals surface area contributed by atoms with E-state index in [1.54, 1.807) is 0 Å². The van der Waals surface area contributed by atoms with Gasteiger partial charge in [-0.05, 0) is 51.0 Å². The molecule has 0 atom stereocenters. The van der Waals surface area contributed by atoms with Crippen LogP contribution in [0.5, 0.6) is 0 Å². The van der Waals surface area contributed by atoms with Crippen molar-refractivity contribution < 1.29 is 4.79 Å². The summed E-state index contributed by atoms with van der Waals surface area (Å²) in [7, 11) is 0. The van der Waals surface area contributed by atoms with Crippen LogP contribution in [0.3, 0.4) is 0 Å². The predicted molar refractivity (Wildman–Crippen MR) is 110 cm³/mol. The van der Waals surface area contributed by atoms with Crippen molar-refractivity contribution in [2.75, 3.05) is 5.73 Å². The first-order valence-corrected chi connectivity index (χ1v) is 9.56. The Morgan fingerprint density at radius 2 is 2.11 bits per heavy atom. The minimum Gasteiger partial charge on any atom is -0.383 e. The predicted octanol–water partition coefficient (Wildman–Crippen LogP) is 3.63. The fourth-order valence-corrected chi connectivity index (χ4v) is 3.62. The van der Waals surface area contributed by atoms with Crippen molar-refractivity contribution in [1.29, 1.82) is 0 Å². The monoisotopic (exact) mass is 374 g/mol. The average Bonchev–Trinajstić information content (AvgIpc) is 3.24. The Labute approximate surface area is 162 Å². The molecule has 7 nitrogen and oxygen atoms in total. The summed E-state index contributed by atoms with van der Waals surface area (Å²) in [5.41, 5.74) is 10.5. The van der Waals surface area contributed by atoms with E-state index in [4.69, 9.17) is 5.73 Å². The molecular formula is C21H22N6O. The zero-order valence-electron chi connectivity index (χ0n) is 15.9. The van der Waals surface area contributed by atoms with Crippen LogP contribution in [0, 0.1) is 0 Å². The minimum atomic E-state index is -0.0128. The van der Waals surface area contributed by atoms with Gasteiger partial charge in [-0.1, -0.05) is 0 Å². The Bertz CT molecular complexity index is 1210. The van der Waals surface area contributed by atoms with Gasteiger partial charge < -0.3 is 20.6 Å². The lowest BCUT2D eigenvalue weighted by Crippen LogP contribution is -2.25. The van der Waals surface area contributed by atoms with E-state index in [9.17, 15) is 4.79 Å². The number of nitrogen functional groups attached to an aromatic ring is 1. The fourth-order valence-electron chi connectivity index (χ4n) is 3.62. The van der Waals surface area contributed by atoms with E-state index in [-0.39, 0.29) is 11.9 Å². The minimum absolute atomic E-state index is 0.0128. The number of anilines is 1. The average molecular weight is 374 g/mol. The lowest BCUT2D eigenvalue weighted by molar-refractivity contribution is 0.0951. The van der Waals surface area contributed by atoms with Crippen molar-refractivity contribution in [2.45, 2.75) is 38.8 Å². The van der Waals surface area contributed by atoms with Crippen LogP contribution >= 0.6 is 0 Å². The second-order valence-electron chi connectivity index (χ2n) is 7.73. The Morgan fingerprint density at radius 1 is 1.29 bits per heavy atom. The van der Waals surface area contributed by atoms with E-state index in [0.717, 1.165) is 46.0 Å². The normalized spacial score (nSPS) is 14.2. The molecule has 1 aromatic carbocycles. The van der Waals surface area contributed by atoms with Gasteiger partial charge in [0.15, 0.2) is 0 Å². The van der Waals surface area contributed by atoms with E-state index in [1.807, 2.05) is 18.2 Å². The van der Waals surface area contributed by atoms with Crippen LogP contribution in [0.1, 0.15) is 43.1 Å². The van der Waals surface area contributed by atoms with Gasteiger partial charge in [0.05, 0.1) is 5.39 Å². The number of hydrogen-bond acceptors (Lipinski definition) is 4. The number of amides is 1. The number of hydrogen-bond donors (Lipinski definition) is 3. The Balaban J connectivity index is 1.62. The number of aromatic nitrogens is 4. The van der Waals surface area contributed by atoms with Gasteiger partial charge in [-0.2, -0.15) is 0 Å². The number of benzene rings is 1. The van der Waals surface area contributed by atoms with Crippen LogP contribution in [0.2, 0.25) is 0 Å². The summed E-state index contributed by atoms with van der Waals surface area (Å²) >= 11 is 0. The highest BCUT2D eigenvalue weighted by molar-refractivity contribution is 6.03. The SMILES string of the molecule is CC(C)n1cc(-c2cc3cc(C(=O)NC4CC4)ccc3[nH]2)c2c(N)ncnc21. The number of nitrogens with zero attached hydrogens (tertiary/aromatic N) is 3. The maximum atomic E-state index is 12.4. The molecule has 4 aromatic rings. The number of nitrogens with one attached hydrogen (secondary N) is 2. The standard InChI is InChI=1S/C21H22N6O/c1-11(2)27-9-15(18-19(22)23-10-24-20(18)27)17-8-13-7-12(3-6-16(13)26-17)21(28)25-14-4-5-14/h3,6-11,14,26H,4-5H2,1-2H3,(H,25,28)(H2,22,23,24). The molecule has 0 aliphatic heterocycles. The van der Waals surface area contributed by atoms with Crippen molar-refractivity contribution in [2.24, 2.45) is 0 Å². The molecule has 142 valence electrons. The van der Waals surface area contributed by atoms with Crippen molar-refractivity contribution in [3.05, 3.63) is 42.4 Å². The van der Waals surface area contributed by atoms with E-state index in [2.05, 4.69) is 50.9 Å². The first-order valence-electron chi connectivity index (χ1n) is 9.56. The molecule has 0 saturated heterocycles.